The average molecular weight is 387 g/mol. The first-order valence-corrected chi connectivity index (χ1v) is 7.73. The summed E-state index contributed by atoms with van der Waals surface area (Å²) in [4.78, 5) is 24.4. The van der Waals surface area contributed by atoms with Crippen molar-refractivity contribution in [1.82, 2.24) is 20.2 Å². The summed E-state index contributed by atoms with van der Waals surface area (Å²) in [5.74, 6) is -0.901. The molecule has 0 spiro atoms. The summed E-state index contributed by atoms with van der Waals surface area (Å²) in [5, 5.41) is 10.8. The third kappa shape index (κ3) is 3.54. The summed E-state index contributed by atoms with van der Waals surface area (Å²) in [5.41, 5.74) is 1.22. The highest BCUT2D eigenvalue weighted by atomic mass is 79.9. The first kappa shape index (κ1) is 16.0. The van der Waals surface area contributed by atoms with Crippen LogP contribution in [-0.2, 0) is 4.74 Å². The highest BCUT2D eigenvalue weighted by Crippen LogP contribution is 2.15. The minimum Gasteiger partial charge on any atom is -0.454 e. The molecule has 1 aromatic heterocycles. The lowest BCUT2D eigenvalue weighted by Crippen LogP contribution is -2.16. The van der Waals surface area contributed by atoms with Crippen LogP contribution >= 0.6 is 15.9 Å². The molecular weight excluding hydrogens is 376 g/mol. The molecule has 0 radical (unpaired) electrons. The van der Waals surface area contributed by atoms with Crippen molar-refractivity contribution in [2.24, 2.45) is 0 Å². The Morgan fingerprint density at radius 2 is 1.83 bits per heavy atom. The molecule has 0 saturated heterocycles. The van der Waals surface area contributed by atoms with Gasteiger partial charge in [0.1, 0.15) is 6.33 Å². The molecule has 0 aliphatic carbocycles. The maximum absolute atomic E-state index is 12.3. The molecule has 3 aromatic rings. The Morgan fingerprint density at radius 3 is 2.54 bits per heavy atom. The molecule has 24 heavy (non-hydrogen) atoms. The Labute approximate surface area is 145 Å². The number of hydrogen-bond acceptors (Lipinski definition) is 6. The van der Waals surface area contributed by atoms with Crippen molar-refractivity contribution in [3.05, 3.63) is 70.5 Å². The number of para-hydroxylation sites is 1. The van der Waals surface area contributed by atoms with Gasteiger partial charge in [-0.25, -0.2) is 4.79 Å². The minimum atomic E-state index is -0.619. The van der Waals surface area contributed by atoms with Gasteiger partial charge >= 0.3 is 5.97 Å². The van der Waals surface area contributed by atoms with Crippen molar-refractivity contribution in [2.75, 3.05) is 6.61 Å². The van der Waals surface area contributed by atoms with Crippen molar-refractivity contribution in [3.63, 3.8) is 0 Å². The van der Waals surface area contributed by atoms with E-state index >= 15 is 0 Å². The lowest BCUT2D eigenvalue weighted by Gasteiger charge is -2.08. The van der Waals surface area contributed by atoms with Crippen molar-refractivity contribution >= 4 is 27.7 Å². The van der Waals surface area contributed by atoms with Crippen molar-refractivity contribution < 1.29 is 14.3 Å². The molecule has 8 heteroatoms. The summed E-state index contributed by atoms with van der Waals surface area (Å²) < 4.78 is 7.35. The number of benzene rings is 2. The minimum absolute atomic E-state index is 0.272. The van der Waals surface area contributed by atoms with Gasteiger partial charge in [0.15, 0.2) is 12.4 Å². The Balaban J connectivity index is 1.72. The number of halogens is 1. The van der Waals surface area contributed by atoms with Crippen LogP contribution < -0.4 is 0 Å². The highest BCUT2D eigenvalue weighted by Gasteiger charge is 2.16. The fourth-order valence-corrected chi connectivity index (χ4v) is 2.31. The lowest BCUT2D eigenvalue weighted by atomic mass is 10.1. The van der Waals surface area contributed by atoms with Gasteiger partial charge < -0.3 is 4.74 Å². The van der Waals surface area contributed by atoms with Gasteiger partial charge in [-0.15, -0.1) is 5.10 Å². The molecule has 120 valence electrons. The number of carbonyl (C=O) groups is 2. The highest BCUT2D eigenvalue weighted by molar-refractivity contribution is 9.10. The van der Waals surface area contributed by atoms with Gasteiger partial charge in [0.05, 0.1) is 11.3 Å². The van der Waals surface area contributed by atoms with Crippen LogP contribution in [0.1, 0.15) is 20.7 Å². The van der Waals surface area contributed by atoms with Gasteiger partial charge in [0, 0.05) is 10.0 Å². The summed E-state index contributed by atoms with van der Waals surface area (Å²) in [6.07, 6.45) is 1.37. The van der Waals surface area contributed by atoms with Gasteiger partial charge in [-0.05, 0) is 34.7 Å². The smallest absolute Gasteiger partial charge is 0.340 e. The van der Waals surface area contributed by atoms with Gasteiger partial charge in [-0.1, -0.05) is 40.2 Å². The van der Waals surface area contributed by atoms with Gasteiger partial charge in [0.25, 0.3) is 0 Å². The number of esters is 1. The number of carbonyl (C=O) groups excluding carboxylic acids is 2. The van der Waals surface area contributed by atoms with Gasteiger partial charge in [-0.2, -0.15) is 4.68 Å². The molecule has 0 aliphatic rings. The first-order valence-electron chi connectivity index (χ1n) is 6.93. The molecule has 2 aromatic carbocycles. The van der Waals surface area contributed by atoms with Gasteiger partial charge in [-0.3, -0.25) is 4.79 Å². The molecule has 0 N–H and O–H groups in total. The van der Waals surface area contributed by atoms with Crippen molar-refractivity contribution in [3.8, 4) is 5.69 Å². The average Bonchev–Trinajstić information content (AvgIpc) is 3.14. The largest absolute Gasteiger partial charge is 0.454 e. The van der Waals surface area contributed by atoms with E-state index in [9.17, 15) is 9.59 Å². The Hall–Kier alpha value is -2.87. The quantitative estimate of drug-likeness (QED) is 0.494. The third-order valence-electron chi connectivity index (χ3n) is 3.22. The van der Waals surface area contributed by atoms with E-state index in [0.29, 0.717) is 11.3 Å². The molecule has 3 rings (SSSR count). The van der Waals surface area contributed by atoms with E-state index in [2.05, 4.69) is 31.5 Å². The van der Waals surface area contributed by atoms with E-state index in [1.807, 2.05) is 0 Å². The fraction of sp³-hybridized carbons (Fsp3) is 0.0625. The summed E-state index contributed by atoms with van der Waals surface area (Å²) in [7, 11) is 0. The topological polar surface area (TPSA) is 87.0 Å². The predicted octanol–water partition coefficient (Wildman–Crippen LogP) is 2.46. The Bertz CT molecular complexity index is 863. The van der Waals surface area contributed by atoms with Crippen LogP contribution in [0, 0.1) is 0 Å². The number of ketones is 1. The number of ether oxygens (including phenoxy) is 1. The number of tetrazole rings is 1. The Morgan fingerprint density at radius 1 is 1.08 bits per heavy atom. The summed E-state index contributed by atoms with van der Waals surface area (Å²) in [6, 6.07) is 13.5. The maximum atomic E-state index is 12.3. The molecule has 0 saturated carbocycles. The predicted molar refractivity (Wildman–Crippen MR) is 87.9 cm³/mol. The summed E-state index contributed by atoms with van der Waals surface area (Å²) in [6.45, 7) is -0.343. The number of aromatic nitrogens is 4. The van der Waals surface area contributed by atoms with Crippen molar-refractivity contribution in [2.45, 2.75) is 0 Å². The maximum Gasteiger partial charge on any atom is 0.340 e. The van der Waals surface area contributed by atoms with Crippen LogP contribution in [0.2, 0.25) is 0 Å². The van der Waals surface area contributed by atoms with Crippen LogP contribution in [0.4, 0.5) is 0 Å². The molecule has 0 bridgehead atoms. The SMILES string of the molecule is O=C(COC(=O)c1ccccc1-n1cnnn1)c1ccc(Br)cc1. The normalized spacial score (nSPS) is 10.4. The van der Waals surface area contributed by atoms with Gasteiger partial charge in [0.2, 0.25) is 0 Å². The molecule has 0 unspecified atom stereocenters. The zero-order valence-corrected chi connectivity index (χ0v) is 13.9. The first-order chi connectivity index (χ1) is 11.6. The molecule has 0 fully saturated rings. The van der Waals surface area contributed by atoms with E-state index < -0.39 is 5.97 Å². The van der Waals surface area contributed by atoms with Crippen LogP contribution in [0.5, 0.6) is 0 Å². The second kappa shape index (κ2) is 7.14. The number of hydrogen-bond donors (Lipinski definition) is 0. The molecule has 0 amide bonds. The zero-order chi connectivity index (χ0) is 16.9. The van der Waals surface area contributed by atoms with Crippen LogP contribution in [0.25, 0.3) is 5.69 Å². The van der Waals surface area contributed by atoms with E-state index in [-0.39, 0.29) is 18.0 Å². The summed E-state index contributed by atoms with van der Waals surface area (Å²) >= 11 is 3.30. The van der Waals surface area contributed by atoms with E-state index in [1.54, 1.807) is 48.5 Å². The Kier molecular flexibility index (Phi) is 4.76. The molecule has 1 heterocycles. The number of Topliss-reactive ketones (excluding diaryl/α,β-unsaturated/α-hetero) is 1. The fourth-order valence-electron chi connectivity index (χ4n) is 2.05. The van der Waals surface area contributed by atoms with Crippen LogP contribution in [0.3, 0.4) is 0 Å². The zero-order valence-electron chi connectivity index (χ0n) is 12.3. The van der Waals surface area contributed by atoms with Crippen LogP contribution in [0.15, 0.2) is 59.3 Å². The second-order valence-electron chi connectivity index (χ2n) is 4.78. The second-order valence-corrected chi connectivity index (χ2v) is 5.69. The van der Waals surface area contributed by atoms with Crippen molar-refractivity contribution in [1.29, 1.82) is 0 Å². The standard InChI is InChI=1S/C16H11BrN4O3/c17-12-7-5-11(6-8-12)15(22)9-24-16(23)13-3-1-2-4-14(13)21-10-18-19-20-21/h1-8,10H,9H2. The molecular formula is C16H11BrN4O3. The van der Waals surface area contributed by atoms with E-state index in [4.69, 9.17) is 4.74 Å². The van der Waals surface area contributed by atoms with E-state index in [0.717, 1.165) is 4.47 Å². The number of rotatable bonds is 5. The molecule has 7 nitrogen and oxygen atoms in total. The van der Waals surface area contributed by atoms with E-state index in [1.165, 1.54) is 11.0 Å². The molecule has 0 aliphatic heterocycles. The number of nitrogens with zero attached hydrogens (tertiary/aromatic N) is 4. The molecule has 0 atom stereocenters. The lowest BCUT2D eigenvalue weighted by molar-refractivity contribution is 0.0474. The third-order valence-corrected chi connectivity index (χ3v) is 3.75. The monoisotopic (exact) mass is 386 g/mol. The van der Waals surface area contributed by atoms with Crippen LogP contribution in [-0.4, -0.2) is 38.6 Å².